The number of carbonyl (C=O) groups is 1. The molecule has 5 nitrogen and oxygen atoms in total. The summed E-state index contributed by atoms with van der Waals surface area (Å²) in [7, 11) is 0. The normalized spacial score (nSPS) is 35.8. The first kappa shape index (κ1) is 11.5. The second-order valence-electron chi connectivity index (χ2n) is 5.33. The third kappa shape index (κ3) is 4.99. The summed E-state index contributed by atoms with van der Waals surface area (Å²) < 4.78 is 45.2. The Morgan fingerprint density at radius 2 is 2.04 bits per heavy atom. The number of allylic oxidation sites excluding steroid dienone is 1. The summed E-state index contributed by atoms with van der Waals surface area (Å²) >= 11 is 0. The standard InChI is InChI=1S/C18H24O5/c1-12-6-5-9-14(19)8-4-2-3-7-13-10-15(20)11-16(21)17(13)18(22)23-12/h3,7,10-12,14,19-21H,2,4-6,8-9H2,1H3/b7-3+/t12-,14-/m1/s1/i8D2,9D2,14D. The van der Waals surface area contributed by atoms with Gasteiger partial charge in [0.2, 0.25) is 0 Å². The fraction of sp³-hybridized carbons (Fsp3) is 0.500. The minimum Gasteiger partial charge on any atom is -0.508 e. The highest BCUT2D eigenvalue weighted by Crippen LogP contribution is 2.30. The highest BCUT2D eigenvalue weighted by atomic mass is 16.5. The van der Waals surface area contributed by atoms with E-state index in [2.05, 4.69) is 0 Å². The van der Waals surface area contributed by atoms with Crippen molar-refractivity contribution in [3.8, 4) is 11.5 Å². The van der Waals surface area contributed by atoms with Crippen molar-refractivity contribution in [1.82, 2.24) is 0 Å². The lowest BCUT2D eigenvalue weighted by atomic mass is 10.0. The van der Waals surface area contributed by atoms with Gasteiger partial charge >= 0.3 is 5.97 Å². The van der Waals surface area contributed by atoms with Gasteiger partial charge in [-0.3, -0.25) is 0 Å². The molecule has 3 N–H and O–H groups in total. The van der Waals surface area contributed by atoms with E-state index >= 15 is 0 Å². The van der Waals surface area contributed by atoms with Crippen LogP contribution >= 0.6 is 0 Å². The molecule has 1 aromatic rings. The number of hydrogen-bond acceptors (Lipinski definition) is 5. The minimum atomic E-state index is -3.00. The molecule has 1 aliphatic heterocycles. The van der Waals surface area contributed by atoms with Crippen molar-refractivity contribution in [2.24, 2.45) is 0 Å². The molecule has 23 heavy (non-hydrogen) atoms. The molecule has 2 atom stereocenters. The number of phenols is 2. The predicted octanol–water partition coefficient (Wildman–Crippen LogP) is 3.37. The molecule has 5 heteroatoms. The zero-order valence-corrected chi connectivity index (χ0v) is 12.9. The maximum atomic E-state index is 12.5. The first-order valence-electron chi connectivity index (χ1n) is 9.94. The van der Waals surface area contributed by atoms with Gasteiger partial charge in [0, 0.05) is 11.5 Å². The number of esters is 1. The average Bonchev–Trinajstić information content (AvgIpc) is 2.55. The van der Waals surface area contributed by atoms with Gasteiger partial charge in [-0.25, -0.2) is 4.79 Å². The lowest BCUT2D eigenvalue weighted by Crippen LogP contribution is -2.17. The van der Waals surface area contributed by atoms with Gasteiger partial charge in [-0.15, -0.1) is 0 Å². The summed E-state index contributed by atoms with van der Waals surface area (Å²) in [6.07, 6.45) is -6.93. The van der Waals surface area contributed by atoms with Gasteiger partial charge in [0.25, 0.3) is 0 Å². The molecule has 0 amide bonds. The number of rotatable bonds is 0. The molecular formula is C18H24O5. The fourth-order valence-corrected chi connectivity index (χ4v) is 2.23. The van der Waals surface area contributed by atoms with Crippen LogP contribution in [-0.2, 0) is 4.74 Å². The Morgan fingerprint density at radius 1 is 1.30 bits per heavy atom. The van der Waals surface area contributed by atoms with Crippen LogP contribution in [0.3, 0.4) is 0 Å². The minimum absolute atomic E-state index is 0.0194. The molecule has 0 aliphatic carbocycles. The quantitative estimate of drug-likeness (QED) is 0.637. The van der Waals surface area contributed by atoms with Gasteiger partial charge in [0.05, 0.1) is 13.6 Å². The second kappa shape index (κ2) is 8.02. The van der Waals surface area contributed by atoms with E-state index in [9.17, 15) is 20.1 Å². The van der Waals surface area contributed by atoms with Gasteiger partial charge in [0.15, 0.2) is 0 Å². The van der Waals surface area contributed by atoms with Crippen molar-refractivity contribution < 1.29 is 31.7 Å². The molecule has 0 radical (unpaired) electrons. The third-order valence-electron chi connectivity index (χ3n) is 3.39. The summed E-state index contributed by atoms with van der Waals surface area (Å²) in [6.45, 7) is 1.49. The second-order valence-corrected chi connectivity index (χ2v) is 5.33. The molecule has 0 aromatic heterocycles. The van der Waals surface area contributed by atoms with E-state index in [-0.39, 0.29) is 36.1 Å². The number of hydrogen-bond donors (Lipinski definition) is 3. The number of cyclic esters (lactones) is 1. The molecule has 0 spiro atoms. The Kier molecular flexibility index (Phi) is 4.01. The molecule has 0 bridgehead atoms. The number of aliphatic hydroxyl groups is 1. The maximum Gasteiger partial charge on any atom is 0.342 e. The Hall–Kier alpha value is -2.01. The number of aromatic hydroxyl groups is 2. The Bertz CT molecular complexity index is 776. The zero-order valence-electron chi connectivity index (χ0n) is 17.9. The average molecular weight is 325 g/mol. The number of phenolic OH excluding ortho intramolecular Hbond substituents is 2. The molecule has 1 aliphatic rings. The van der Waals surface area contributed by atoms with E-state index in [1.807, 2.05) is 0 Å². The molecule has 0 saturated heterocycles. The van der Waals surface area contributed by atoms with Crippen LogP contribution in [0.15, 0.2) is 18.2 Å². The third-order valence-corrected chi connectivity index (χ3v) is 3.39. The van der Waals surface area contributed by atoms with Gasteiger partial charge in [-0.1, -0.05) is 12.2 Å². The van der Waals surface area contributed by atoms with E-state index in [1.54, 1.807) is 0 Å². The van der Waals surface area contributed by atoms with E-state index in [1.165, 1.54) is 25.1 Å². The van der Waals surface area contributed by atoms with Crippen molar-refractivity contribution in [2.75, 3.05) is 0 Å². The van der Waals surface area contributed by atoms with E-state index in [0.29, 0.717) is 0 Å². The van der Waals surface area contributed by atoms with Crippen LogP contribution in [-0.4, -0.2) is 33.5 Å². The van der Waals surface area contributed by atoms with Crippen LogP contribution in [0.4, 0.5) is 0 Å². The van der Waals surface area contributed by atoms with Crippen LogP contribution < -0.4 is 0 Å². The van der Waals surface area contributed by atoms with Gasteiger partial charge in [0.1, 0.15) is 17.1 Å². The summed E-state index contributed by atoms with van der Waals surface area (Å²) in [5.74, 6) is -1.61. The number of carbonyl (C=O) groups excluding carboxylic acids is 1. The summed E-state index contributed by atoms with van der Waals surface area (Å²) in [6, 6.07) is 2.25. The molecule has 0 saturated carbocycles. The number of fused-ring (bicyclic) bond motifs is 1. The Morgan fingerprint density at radius 3 is 2.83 bits per heavy atom. The van der Waals surface area contributed by atoms with Crippen molar-refractivity contribution >= 4 is 12.0 Å². The highest BCUT2D eigenvalue weighted by molar-refractivity contribution is 5.97. The maximum absolute atomic E-state index is 12.5. The Balaban J connectivity index is 2.47. The van der Waals surface area contributed by atoms with Crippen LogP contribution in [0.5, 0.6) is 11.5 Å². The summed E-state index contributed by atoms with van der Waals surface area (Å²) in [5, 5.41) is 30.1. The van der Waals surface area contributed by atoms with Crippen molar-refractivity contribution in [3.63, 3.8) is 0 Å². The topological polar surface area (TPSA) is 87.0 Å². The lowest BCUT2D eigenvalue weighted by molar-refractivity contribution is 0.0307. The first-order chi connectivity index (χ1) is 12.8. The van der Waals surface area contributed by atoms with Crippen LogP contribution in [0.2, 0.25) is 0 Å². The van der Waals surface area contributed by atoms with Crippen LogP contribution in [0, 0.1) is 0 Å². The van der Waals surface area contributed by atoms with Gasteiger partial charge in [-0.05, 0) is 57.0 Å². The van der Waals surface area contributed by atoms with Crippen LogP contribution in [0.1, 0.15) is 68.1 Å². The van der Waals surface area contributed by atoms with Crippen molar-refractivity contribution in [1.29, 1.82) is 0 Å². The molecule has 1 aromatic carbocycles. The number of benzene rings is 1. The smallest absolute Gasteiger partial charge is 0.342 e. The largest absolute Gasteiger partial charge is 0.508 e. The van der Waals surface area contributed by atoms with E-state index in [0.717, 1.165) is 6.07 Å². The predicted molar refractivity (Wildman–Crippen MR) is 87.4 cm³/mol. The molecule has 2 rings (SSSR count). The summed E-state index contributed by atoms with van der Waals surface area (Å²) in [5.41, 5.74) is 0.00441. The fourth-order valence-electron chi connectivity index (χ4n) is 2.23. The van der Waals surface area contributed by atoms with Gasteiger partial charge < -0.3 is 20.1 Å². The van der Waals surface area contributed by atoms with Gasteiger partial charge in [-0.2, -0.15) is 0 Å². The zero-order chi connectivity index (χ0) is 21.3. The lowest BCUT2D eigenvalue weighted by Gasteiger charge is -2.17. The molecular weight excluding hydrogens is 296 g/mol. The molecule has 1 heterocycles. The molecule has 126 valence electrons. The molecule has 0 fully saturated rings. The highest BCUT2D eigenvalue weighted by Gasteiger charge is 2.20. The van der Waals surface area contributed by atoms with E-state index < -0.39 is 43.1 Å². The van der Waals surface area contributed by atoms with Crippen LogP contribution in [0.25, 0.3) is 6.08 Å². The van der Waals surface area contributed by atoms with Crippen molar-refractivity contribution in [2.45, 2.75) is 57.5 Å². The first-order valence-corrected chi connectivity index (χ1v) is 7.44. The van der Waals surface area contributed by atoms with Crippen molar-refractivity contribution in [3.05, 3.63) is 29.3 Å². The SMILES string of the molecule is [2H]C1([2H])CC/C=C/c2cc(O)cc(O)c2C(=O)O[C@H](C)CCC([2H])([2H])[C@]1([2H])O. The monoisotopic (exact) mass is 325 g/mol. The summed E-state index contributed by atoms with van der Waals surface area (Å²) in [4.78, 5) is 12.5. The molecule has 0 unspecified atom stereocenters. The number of ether oxygens (including phenoxy) is 1. The Labute approximate surface area is 143 Å². The van der Waals surface area contributed by atoms with E-state index in [4.69, 9.17) is 11.6 Å².